The van der Waals surface area contributed by atoms with E-state index >= 15 is 0 Å². The van der Waals surface area contributed by atoms with E-state index in [1.54, 1.807) is 0 Å². The molecule has 0 saturated heterocycles. The van der Waals surface area contributed by atoms with Crippen molar-refractivity contribution >= 4 is 35.0 Å². The molecule has 2 rings (SSSR count). The van der Waals surface area contributed by atoms with Gasteiger partial charge < -0.3 is 21.7 Å². The van der Waals surface area contributed by atoms with E-state index in [2.05, 4.69) is 33.4 Å². The van der Waals surface area contributed by atoms with Gasteiger partial charge in [-0.15, -0.1) is 0 Å². The van der Waals surface area contributed by atoms with Crippen LogP contribution in [0.3, 0.4) is 0 Å². The summed E-state index contributed by atoms with van der Waals surface area (Å²) in [5.41, 5.74) is 12.3. The number of rotatable bonds is 8. The van der Waals surface area contributed by atoms with Crippen molar-refractivity contribution in [2.75, 3.05) is 0 Å². The quantitative estimate of drug-likeness (QED) is 0.176. The van der Waals surface area contributed by atoms with Gasteiger partial charge in [0.05, 0.1) is 11.4 Å². The fourth-order valence-electron chi connectivity index (χ4n) is 1.91. The van der Waals surface area contributed by atoms with Gasteiger partial charge in [0.15, 0.2) is 0 Å². The summed E-state index contributed by atoms with van der Waals surface area (Å²) in [7, 11) is 0. The van der Waals surface area contributed by atoms with Crippen LogP contribution in [-0.2, 0) is 9.59 Å². The summed E-state index contributed by atoms with van der Waals surface area (Å²) >= 11 is 0. The lowest BCUT2D eigenvalue weighted by Gasteiger charge is -2.22. The van der Waals surface area contributed by atoms with E-state index in [-0.39, 0.29) is 0 Å². The monoisotopic (exact) mass is 494 g/mol. The number of hydrogen-bond acceptors (Lipinski definition) is 6. The molecule has 0 amide bonds. The fraction of sp³-hybridized carbons (Fsp3) is 0.231. The number of carboxylic acids is 2. The molecule has 10 heteroatoms. The van der Waals surface area contributed by atoms with Gasteiger partial charge in [0, 0.05) is 12.2 Å². The summed E-state index contributed by atoms with van der Waals surface area (Å²) in [6, 6.07) is 19.0. The zero-order valence-electron chi connectivity index (χ0n) is 21.0. The van der Waals surface area contributed by atoms with Gasteiger partial charge >= 0.3 is 11.9 Å². The molecule has 2 aromatic rings. The number of hydrogen-bond donors (Lipinski definition) is 4. The van der Waals surface area contributed by atoms with Crippen LogP contribution < -0.4 is 11.5 Å². The standard InChI is InChI=1S/C20H26N6.2C3H4O2/c1-19(2,17(21)23-15-11-7-5-8-12-15)25-26-20(3,4)18(22)24-16-13-9-6-10-14-16;2*1-2-3(4)5/h5-14H,1-4H3,(H2,21,23)(H2,22,24);2*2H,1H2,(H,4,5). The van der Waals surface area contributed by atoms with Gasteiger partial charge in [-0.1, -0.05) is 49.6 Å². The molecule has 6 N–H and O–H groups in total. The van der Waals surface area contributed by atoms with E-state index in [9.17, 15) is 9.59 Å². The van der Waals surface area contributed by atoms with Crippen LogP contribution in [0.2, 0.25) is 0 Å². The molecule has 0 unspecified atom stereocenters. The molecule has 0 aromatic heterocycles. The number of nitrogens with zero attached hydrogens (tertiary/aromatic N) is 4. The van der Waals surface area contributed by atoms with Gasteiger partial charge in [0.1, 0.15) is 22.7 Å². The van der Waals surface area contributed by atoms with Crippen molar-refractivity contribution in [3.63, 3.8) is 0 Å². The highest BCUT2D eigenvalue weighted by Gasteiger charge is 2.27. The van der Waals surface area contributed by atoms with Crippen LogP contribution in [0, 0.1) is 0 Å². The van der Waals surface area contributed by atoms with Gasteiger partial charge in [-0.05, 0) is 52.0 Å². The summed E-state index contributed by atoms with van der Waals surface area (Å²) in [6.07, 6.45) is 1.67. The summed E-state index contributed by atoms with van der Waals surface area (Å²) in [6.45, 7) is 13.4. The highest BCUT2D eigenvalue weighted by molar-refractivity contribution is 5.92. The molecule has 0 saturated carbocycles. The number of azo groups is 1. The molecular weight excluding hydrogens is 460 g/mol. The van der Waals surface area contributed by atoms with Crippen molar-refractivity contribution in [2.24, 2.45) is 31.7 Å². The highest BCUT2D eigenvalue weighted by Crippen LogP contribution is 2.20. The molecule has 0 fully saturated rings. The van der Waals surface area contributed by atoms with E-state index in [1.165, 1.54) is 0 Å². The summed E-state index contributed by atoms with van der Waals surface area (Å²) in [5.74, 6) is -1.21. The number of carbonyl (C=O) groups is 2. The van der Waals surface area contributed by atoms with Crippen molar-refractivity contribution in [3.05, 3.63) is 86.0 Å². The Kier molecular flexibility index (Phi) is 13.4. The molecule has 0 heterocycles. The predicted octanol–water partition coefficient (Wildman–Crippen LogP) is 4.89. The van der Waals surface area contributed by atoms with Gasteiger partial charge in [0.2, 0.25) is 0 Å². The fourth-order valence-corrected chi connectivity index (χ4v) is 1.91. The molecule has 0 aliphatic carbocycles. The van der Waals surface area contributed by atoms with Crippen LogP contribution >= 0.6 is 0 Å². The van der Waals surface area contributed by atoms with Gasteiger partial charge in [-0.3, -0.25) is 0 Å². The molecule has 10 nitrogen and oxygen atoms in total. The Labute approximate surface area is 211 Å². The van der Waals surface area contributed by atoms with Gasteiger partial charge in [-0.25, -0.2) is 19.6 Å². The van der Waals surface area contributed by atoms with Crippen LogP contribution in [0.1, 0.15) is 27.7 Å². The number of amidine groups is 2. The van der Waals surface area contributed by atoms with Crippen LogP contribution in [-0.4, -0.2) is 44.9 Å². The van der Waals surface area contributed by atoms with Crippen LogP contribution in [0.15, 0.2) is 106 Å². The third-order valence-electron chi connectivity index (χ3n) is 4.16. The maximum absolute atomic E-state index is 9.25. The SMILES string of the molecule is C=CC(=O)O.C=CC(=O)O.CC(C)(N=NC(C)(C)C(N)=Nc1ccccc1)C(N)=Nc1ccccc1. The summed E-state index contributed by atoms with van der Waals surface area (Å²) in [4.78, 5) is 27.3. The van der Waals surface area contributed by atoms with Crippen molar-refractivity contribution in [1.82, 2.24) is 0 Å². The highest BCUT2D eigenvalue weighted by atomic mass is 16.4. The van der Waals surface area contributed by atoms with Gasteiger partial charge in [0.25, 0.3) is 0 Å². The van der Waals surface area contributed by atoms with Crippen LogP contribution in [0.4, 0.5) is 11.4 Å². The number of carboxylic acid groups (broad SMARTS) is 2. The lowest BCUT2D eigenvalue weighted by molar-refractivity contribution is -0.132. The summed E-state index contributed by atoms with van der Waals surface area (Å²) < 4.78 is 0. The third kappa shape index (κ3) is 13.2. The zero-order chi connectivity index (χ0) is 27.8. The molecule has 0 aliphatic heterocycles. The molecule has 0 atom stereocenters. The lowest BCUT2D eigenvalue weighted by Crippen LogP contribution is -2.39. The topological polar surface area (TPSA) is 176 Å². The molecule has 36 heavy (non-hydrogen) atoms. The lowest BCUT2D eigenvalue weighted by atomic mass is 10.0. The largest absolute Gasteiger partial charge is 0.478 e. The first kappa shape index (κ1) is 31.4. The number of aliphatic imine (C=N–C) groups is 2. The van der Waals surface area contributed by atoms with Gasteiger partial charge in [-0.2, -0.15) is 10.2 Å². The van der Waals surface area contributed by atoms with E-state index in [0.717, 1.165) is 23.5 Å². The number of para-hydroxylation sites is 2. The second-order valence-corrected chi connectivity index (χ2v) is 8.07. The molecular formula is C26H34N6O4. The molecule has 0 aliphatic rings. The number of benzene rings is 2. The van der Waals surface area contributed by atoms with Crippen molar-refractivity contribution in [3.8, 4) is 0 Å². The minimum absolute atomic E-state index is 0.377. The van der Waals surface area contributed by atoms with Crippen molar-refractivity contribution in [2.45, 2.75) is 38.8 Å². The number of aliphatic carboxylic acids is 2. The van der Waals surface area contributed by atoms with E-state index in [4.69, 9.17) is 21.7 Å². The second-order valence-electron chi connectivity index (χ2n) is 8.07. The first-order valence-electron chi connectivity index (χ1n) is 10.7. The van der Waals surface area contributed by atoms with Crippen LogP contribution in [0.5, 0.6) is 0 Å². The maximum Gasteiger partial charge on any atom is 0.327 e. The Bertz CT molecular complexity index is 1000. The third-order valence-corrected chi connectivity index (χ3v) is 4.16. The summed E-state index contributed by atoms with van der Waals surface area (Å²) in [5, 5.41) is 24.0. The first-order valence-corrected chi connectivity index (χ1v) is 10.7. The second kappa shape index (κ2) is 15.3. The Morgan fingerprint density at radius 1 is 0.694 bits per heavy atom. The average Bonchev–Trinajstić information content (AvgIpc) is 2.84. The predicted molar refractivity (Wildman–Crippen MR) is 144 cm³/mol. The van der Waals surface area contributed by atoms with Crippen molar-refractivity contribution < 1.29 is 19.8 Å². The Morgan fingerprint density at radius 2 is 0.944 bits per heavy atom. The zero-order valence-corrected chi connectivity index (χ0v) is 21.0. The van der Waals surface area contributed by atoms with E-state index in [0.29, 0.717) is 11.7 Å². The molecule has 0 spiro atoms. The normalized spacial score (nSPS) is 11.9. The average molecular weight is 495 g/mol. The minimum atomic E-state index is -0.981. The Hall–Kier alpha value is -4.60. The first-order chi connectivity index (χ1) is 16.7. The van der Waals surface area contributed by atoms with E-state index in [1.807, 2.05) is 88.4 Å². The van der Waals surface area contributed by atoms with Crippen LogP contribution in [0.25, 0.3) is 0 Å². The number of nitrogens with two attached hydrogens (primary N) is 2. The molecule has 2 aromatic carbocycles. The van der Waals surface area contributed by atoms with E-state index < -0.39 is 23.0 Å². The minimum Gasteiger partial charge on any atom is -0.478 e. The Balaban J connectivity index is 0.00000104. The smallest absolute Gasteiger partial charge is 0.327 e. The van der Waals surface area contributed by atoms with Crippen molar-refractivity contribution in [1.29, 1.82) is 0 Å². The maximum atomic E-state index is 9.25. The molecule has 0 bridgehead atoms. The Morgan fingerprint density at radius 3 is 1.17 bits per heavy atom. The molecule has 0 radical (unpaired) electrons. The molecule has 192 valence electrons.